The summed E-state index contributed by atoms with van der Waals surface area (Å²) in [4.78, 5) is 0. The van der Waals surface area contributed by atoms with Crippen LogP contribution in [0.5, 0.6) is 5.75 Å². The number of hydrogen-bond donors (Lipinski definition) is 1. The van der Waals surface area contributed by atoms with Gasteiger partial charge in [0.25, 0.3) is 0 Å². The van der Waals surface area contributed by atoms with Crippen LogP contribution in [0.4, 0.5) is 0 Å². The highest BCUT2D eigenvalue weighted by atomic mass is 32.1. The van der Waals surface area contributed by atoms with E-state index >= 15 is 0 Å². The fraction of sp³-hybridized carbons (Fsp3) is 0.667. The number of hydrogen-bond acceptors (Lipinski definition) is 2. The minimum absolute atomic E-state index is 0.223. The van der Waals surface area contributed by atoms with Gasteiger partial charge in [0.15, 0.2) is 0 Å². The Balaban J connectivity index is 2.73. The standard InChI is InChI=1S/C18H30OS/c1-5-10-18(14-20,11-6-2)13-19-17-9-7-8-16(12-17)15(3)4/h7-9,12,15,20H,5-6,10-11,13-14H2,1-4H3. The molecule has 0 unspecified atom stereocenters. The molecule has 0 aliphatic rings. The Kier molecular flexibility index (Phi) is 7.50. The van der Waals surface area contributed by atoms with Crippen molar-refractivity contribution in [2.45, 2.75) is 59.3 Å². The van der Waals surface area contributed by atoms with Gasteiger partial charge in [0, 0.05) is 5.41 Å². The van der Waals surface area contributed by atoms with E-state index in [1.807, 2.05) is 0 Å². The van der Waals surface area contributed by atoms with Gasteiger partial charge in [-0.15, -0.1) is 0 Å². The van der Waals surface area contributed by atoms with Crippen molar-refractivity contribution >= 4 is 12.6 Å². The third kappa shape index (κ3) is 5.05. The molecule has 114 valence electrons. The number of thiol groups is 1. The highest BCUT2D eigenvalue weighted by molar-refractivity contribution is 7.80. The minimum atomic E-state index is 0.223. The molecule has 0 aliphatic carbocycles. The van der Waals surface area contributed by atoms with Crippen molar-refractivity contribution in [3.8, 4) is 5.75 Å². The van der Waals surface area contributed by atoms with E-state index in [0.29, 0.717) is 5.92 Å². The molecular weight excluding hydrogens is 264 g/mol. The van der Waals surface area contributed by atoms with Crippen LogP contribution in [0.2, 0.25) is 0 Å². The molecule has 1 nitrogen and oxygen atoms in total. The van der Waals surface area contributed by atoms with Gasteiger partial charge in [0.1, 0.15) is 5.75 Å². The molecule has 0 radical (unpaired) electrons. The molecule has 1 aromatic rings. The van der Waals surface area contributed by atoms with E-state index in [9.17, 15) is 0 Å². The third-order valence-corrected chi connectivity index (χ3v) is 4.64. The third-order valence-electron chi connectivity index (χ3n) is 3.97. The summed E-state index contributed by atoms with van der Waals surface area (Å²) in [5.41, 5.74) is 1.56. The first-order chi connectivity index (χ1) is 9.56. The molecule has 0 aliphatic heterocycles. The molecule has 0 saturated heterocycles. The molecule has 0 spiro atoms. The number of rotatable bonds is 9. The monoisotopic (exact) mass is 294 g/mol. The Labute approximate surface area is 130 Å². The summed E-state index contributed by atoms with van der Waals surface area (Å²) in [6, 6.07) is 8.49. The summed E-state index contributed by atoms with van der Waals surface area (Å²) < 4.78 is 6.11. The van der Waals surface area contributed by atoms with Gasteiger partial charge in [-0.25, -0.2) is 0 Å². The summed E-state index contributed by atoms with van der Waals surface area (Å²) in [7, 11) is 0. The van der Waals surface area contributed by atoms with Crippen LogP contribution < -0.4 is 4.74 Å². The van der Waals surface area contributed by atoms with Crippen LogP contribution in [0.15, 0.2) is 24.3 Å². The van der Waals surface area contributed by atoms with Gasteiger partial charge in [0.2, 0.25) is 0 Å². The minimum Gasteiger partial charge on any atom is -0.493 e. The molecule has 1 aromatic carbocycles. The van der Waals surface area contributed by atoms with E-state index in [2.05, 4.69) is 64.6 Å². The zero-order chi connectivity index (χ0) is 15.0. The van der Waals surface area contributed by atoms with Crippen LogP contribution in [0.1, 0.15) is 64.9 Å². The van der Waals surface area contributed by atoms with Crippen molar-refractivity contribution in [3.63, 3.8) is 0 Å². The second-order valence-corrected chi connectivity index (χ2v) is 6.49. The molecule has 0 N–H and O–H groups in total. The van der Waals surface area contributed by atoms with Crippen LogP contribution in [0, 0.1) is 5.41 Å². The Hall–Kier alpha value is -0.630. The molecule has 2 heteroatoms. The zero-order valence-corrected chi connectivity index (χ0v) is 14.4. The van der Waals surface area contributed by atoms with Gasteiger partial charge in [-0.3, -0.25) is 0 Å². The normalized spacial score (nSPS) is 11.9. The molecule has 0 aromatic heterocycles. The SMILES string of the molecule is CCCC(CS)(CCC)COc1cccc(C(C)C)c1. The van der Waals surface area contributed by atoms with Crippen LogP contribution in [0.25, 0.3) is 0 Å². The molecule has 0 bridgehead atoms. The molecule has 0 fully saturated rings. The van der Waals surface area contributed by atoms with Crippen molar-refractivity contribution in [1.29, 1.82) is 0 Å². The lowest BCUT2D eigenvalue weighted by atomic mass is 9.82. The molecule has 0 saturated carbocycles. The average molecular weight is 295 g/mol. The van der Waals surface area contributed by atoms with E-state index in [1.165, 1.54) is 31.2 Å². The predicted molar refractivity (Wildman–Crippen MR) is 92.1 cm³/mol. The first kappa shape index (κ1) is 17.4. The molecule has 20 heavy (non-hydrogen) atoms. The first-order valence-electron chi connectivity index (χ1n) is 7.90. The van der Waals surface area contributed by atoms with E-state index in [-0.39, 0.29) is 5.41 Å². The van der Waals surface area contributed by atoms with Gasteiger partial charge in [-0.1, -0.05) is 52.7 Å². The topological polar surface area (TPSA) is 9.23 Å². The second-order valence-electron chi connectivity index (χ2n) is 6.17. The van der Waals surface area contributed by atoms with E-state index < -0.39 is 0 Å². The van der Waals surface area contributed by atoms with E-state index in [4.69, 9.17) is 4.74 Å². The highest BCUT2D eigenvalue weighted by Crippen LogP contribution is 2.32. The molecule has 0 heterocycles. The van der Waals surface area contributed by atoms with Gasteiger partial charge < -0.3 is 4.74 Å². The average Bonchev–Trinajstić information content (AvgIpc) is 2.45. The van der Waals surface area contributed by atoms with Crippen LogP contribution >= 0.6 is 12.6 Å². The van der Waals surface area contributed by atoms with Gasteiger partial charge in [-0.05, 0) is 42.2 Å². The maximum absolute atomic E-state index is 6.11. The van der Waals surface area contributed by atoms with Crippen molar-refractivity contribution < 1.29 is 4.74 Å². The van der Waals surface area contributed by atoms with Crippen molar-refractivity contribution in [1.82, 2.24) is 0 Å². The van der Waals surface area contributed by atoms with Crippen molar-refractivity contribution in [2.75, 3.05) is 12.4 Å². The van der Waals surface area contributed by atoms with Crippen LogP contribution in [-0.4, -0.2) is 12.4 Å². The predicted octanol–water partition coefficient (Wildman–Crippen LogP) is 5.71. The lowest BCUT2D eigenvalue weighted by molar-refractivity contribution is 0.143. The van der Waals surface area contributed by atoms with Crippen molar-refractivity contribution in [3.05, 3.63) is 29.8 Å². The lowest BCUT2D eigenvalue weighted by Gasteiger charge is -2.31. The smallest absolute Gasteiger partial charge is 0.119 e. The van der Waals surface area contributed by atoms with Gasteiger partial charge in [0.05, 0.1) is 6.61 Å². The summed E-state index contributed by atoms with van der Waals surface area (Å²) >= 11 is 4.59. The highest BCUT2D eigenvalue weighted by Gasteiger charge is 2.27. The summed E-state index contributed by atoms with van der Waals surface area (Å²) in [6.07, 6.45) is 4.76. The number of benzene rings is 1. The van der Waals surface area contributed by atoms with E-state index in [1.54, 1.807) is 0 Å². The van der Waals surface area contributed by atoms with Gasteiger partial charge >= 0.3 is 0 Å². The fourth-order valence-electron chi connectivity index (χ4n) is 2.73. The Morgan fingerprint density at radius 2 is 1.80 bits per heavy atom. The fourth-order valence-corrected chi connectivity index (χ4v) is 3.14. The number of ether oxygens (including phenoxy) is 1. The molecule has 0 amide bonds. The quantitative estimate of drug-likeness (QED) is 0.574. The van der Waals surface area contributed by atoms with E-state index in [0.717, 1.165) is 18.1 Å². The second kappa shape index (κ2) is 8.61. The maximum Gasteiger partial charge on any atom is 0.119 e. The lowest BCUT2D eigenvalue weighted by Crippen LogP contribution is -2.30. The summed E-state index contributed by atoms with van der Waals surface area (Å²) in [5, 5.41) is 0. The Morgan fingerprint density at radius 3 is 2.30 bits per heavy atom. The Morgan fingerprint density at radius 1 is 1.15 bits per heavy atom. The van der Waals surface area contributed by atoms with Crippen molar-refractivity contribution in [2.24, 2.45) is 5.41 Å². The molecule has 1 rings (SSSR count). The molecular formula is C18H30OS. The zero-order valence-electron chi connectivity index (χ0n) is 13.5. The van der Waals surface area contributed by atoms with Gasteiger partial charge in [-0.2, -0.15) is 12.6 Å². The maximum atomic E-state index is 6.11. The molecule has 0 atom stereocenters. The van der Waals surface area contributed by atoms with Crippen LogP contribution in [-0.2, 0) is 0 Å². The summed E-state index contributed by atoms with van der Waals surface area (Å²) in [6.45, 7) is 9.69. The largest absolute Gasteiger partial charge is 0.493 e. The van der Waals surface area contributed by atoms with Crippen LogP contribution in [0.3, 0.4) is 0 Å². The Bertz CT molecular complexity index is 381. The first-order valence-corrected chi connectivity index (χ1v) is 8.53. The summed E-state index contributed by atoms with van der Waals surface area (Å²) in [5.74, 6) is 2.44.